The Labute approximate surface area is 189 Å². The van der Waals surface area contributed by atoms with E-state index < -0.39 is 8.32 Å². The molecule has 2 aromatic carbocycles. The van der Waals surface area contributed by atoms with Crippen molar-refractivity contribution in [3.8, 4) is 5.75 Å². The standard InChI is InChI=1S/C23H30BrClO3Si/c1-23(2,3)29(4,5)28-15-17-10-16(11-18(24)12-17)14-27-22-8-9-26-21-7-6-19(25)13-20(21)22/h6-7,10-13,22H,8-9,14-15H2,1-5H3. The molecular weight excluding hydrogens is 468 g/mol. The monoisotopic (exact) mass is 496 g/mol. The van der Waals surface area contributed by atoms with Crippen LogP contribution in [0.5, 0.6) is 5.75 Å². The summed E-state index contributed by atoms with van der Waals surface area (Å²) in [5.41, 5.74) is 3.32. The first-order chi connectivity index (χ1) is 13.5. The van der Waals surface area contributed by atoms with E-state index in [0.29, 0.717) is 24.8 Å². The molecule has 0 fully saturated rings. The van der Waals surface area contributed by atoms with Gasteiger partial charge in [0.25, 0.3) is 0 Å². The Morgan fingerprint density at radius 2 is 1.79 bits per heavy atom. The second-order valence-electron chi connectivity index (χ2n) is 9.14. The van der Waals surface area contributed by atoms with Gasteiger partial charge in [-0.2, -0.15) is 0 Å². The van der Waals surface area contributed by atoms with E-state index in [1.165, 1.54) is 5.56 Å². The van der Waals surface area contributed by atoms with Crippen LogP contribution in [0.25, 0.3) is 0 Å². The van der Waals surface area contributed by atoms with Crippen molar-refractivity contribution < 1.29 is 13.9 Å². The normalized spacial score (nSPS) is 17.0. The minimum Gasteiger partial charge on any atom is -0.493 e. The lowest BCUT2D eigenvalue weighted by molar-refractivity contribution is 0.0127. The van der Waals surface area contributed by atoms with Gasteiger partial charge >= 0.3 is 0 Å². The Hall–Kier alpha value is -0.853. The molecule has 1 aliphatic rings. The zero-order chi connectivity index (χ0) is 21.2. The average molecular weight is 498 g/mol. The van der Waals surface area contributed by atoms with Gasteiger partial charge in [0.2, 0.25) is 0 Å². The molecule has 0 saturated heterocycles. The lowest BCUT2D eigenvalue weighted by atomic mass is 10.0. The number of benzene rings is 2. The average Bonchev–Trinajstić information content (AvgIpc) is 2.63. The first-order valence-corrected chi connectivity index (χ1v) is 14.1. The molecule has 0 N–H and O–H groups in total. The summed E-state index contributed by atoms with van der Waals surface area (Å²) in [7, 11) is -1.79. The molecular formula is C23H30BrClO3Si. The number of hydrogen-bond donors (Lipinski definition) is 0. The highest BCUT2D eigenvalue weighted by molar-refractivity contribution is 9.10. The maximum atomic E-state index is 6.39. The highest BCUT2D eigenvalue weighted by atomic mass is 79.9. The minimum atomic E-state index is -1.79. The predicted octanol–water partition coefficient (Wildman–Crippen LogP) is 7.66. The van der Waals surface area contributed by atoms with Gasteiger partial charge in [0.15, 0.2) is 8.32 Å². The van der Waals surface area contributed by atoms with Crippen LogP contribution in [0, 0.1) is 0 Å². The third-order valence-electron chi connectivity index (χ3n) is 5.83. The van der Waals surface area contributed by atoms with Gasteiger partial charge in [-0.05, 0) is 59.6 Å². The number of rotatable bonds is 6. The Morgan fingerprint density at radius 1 is 1.10 bits per heavy atom. The second kappa shape index (κ2) is 9.11. The fraction of sp³-hybridized carbons (Fsp3) is 0.478. The van der Waals surface area contributed by atoms with Crippen LogP contribution in [0.1, 0.15) is 50.0 Å². The quantitative estimate of drug-likeness (QED) is 0.383. The molecule has 0 aliphatic carbocycles. The number of ether oxygens (including phenoxy) is 2. The Morgan fingerprint density at radius 3 is 2.48 bits per heavy atom. The van der Waals surface area contributed by atoms with Crippen molar-refractivity contribution in [1.82, 2.24) is 0 Å². The van der Waals surface area contributed by atoms with Crippen molar-refractivity contribution in [2.45, 2.75) is 64.6 Å². The Kier molecular flexibility index (Phi) is 7.17. The fourth-order valence-electron chi connectivity index (χ4n) is 3.07. The fourth-order valence-corrected chi connectivity index (χ4v) is 4.80. The van der Waals surface area contributed by atoms with E-state index in [2.05, 4.69) is 68.0 Å². The van der Waals surface area contributed by atoms with E-state index in [9.17, 15) is 0 Å². The number of fused-ring (bicyclic) bond motifs is 1. The highest BCUT2D eigenvalue weighted by Crippen LogP contribution is 2.38. The van der Waals surface area contributed by atoms with Crippen molar-refractivity contribution in [1.29, 1.82) is 0 Å². The summed E-state index contributed by atoms with van der Waals surface area (Å²) in [5.74, 6) is 0.864. The third kappa shape index (κ3) is 5.86. The van der Waals surface area contributed by atoms with Crippen molar-refractivity contribution in [3.05, 3.63) is 62.6 Å². The number of halogens is 2. The largest absolute Gasteiger partial charge is 0.493 e. The molecule has 0 amide bonds. The van der Waals surface area contributed by atoms with Crippen molar-refractivity contribution in [2.24, 2.45) is 0 Å². The molecule has 158 valence electrons. The molecule has 29 heavy (non-hydrogen) atoms. The van der Waals surface area contributed by atoms with Crippen LogP contribution >= 0.6 is 27.5 Å². The first kappa shape index (κ1) is 22.8. The summed E-state index contributed by atoms with van der Waals surface area (Å²) in [5, 5.41) is 0.901. The van der Waals surface area contributed by atoms with Gasteiger partial charge < -0.3 is 13.9 Å². The van der Waals surface area contributed by atoms with Gasteiger partial charge in [-0.15, -0.1) is 0 Å². The van der Waals surface area contributed by atoms with Gasteiger partial charge in [0.1, 0.15) is 5.75 Å². The van der Waals surface area contributed by atoms with Crippen LogP contribution in [-0.2, 0) is 22.4 Å². The predicted molar refractivity (Wildman–Crippen MR) is 125 cm³/mol. The van der Waals surface area contributed by atoms with Crippen molar-refractivity contribution >= 4 is 35.8 Å². The van der Waals surface area contributed by atoms with Crippen LogP contribution in [0.3, 0.4) is 0 Å². The lowest BCUT2D eigenvalue weighted by Crippen LogP contribution is -2.40. The van der Waals surface area contributed by atoms with Crippen molar-refractivity contribution in [2.75, 3.05) is 6.61 Å². The summed E-state index contributed by atoms with van der Waals surface area (Å²) >= 11 is 9.81. The van der Waals surface area contributed by atoms with Gasteiger partial charge in [-0.3, -0.25) is 0 Å². The SMILES string of the molecule is CC(C)(C)[Si](C)(C)OCc1cc(Br)cc(COC2CCOc3ccc(Cl)cc32)c1. The zero-order valence-corrected chi connectivity index (χ0v) is 21.2. The smallest absolute Gasteiger partial charge is 0.192 e. The maximum Gasteiger partial charge on any atom is 0.192 e. The van der Waals surface area contributed by atoms with Crippen LogP contribution in [0.15, 0.2) is 40.9 Å². The van der Waals surface area contributed by atoms with Crippen molar-refractivity contribution in [3.63, 3.8) is 0 Å². The highest BCUT2D eigenvalue weighted by Gasteiger charge is 2.37. The summed E-state index contributed by atoms with van der Waals surface area (Å²) in [6.45, 7) is 13.2. The molecule has 3 rings (SSSR count). The molecule has 2 aromatic rings. The number of hydrogen-bond acceptors (Lipinski definition) is 3. The molecule has 6 heteroatoms. The summed E-state index contributed by atoms with van der Waals surface area (Å²) in [6.07, 6.45) is 0.811. The molecule has 0 aromatic heterocycles. The van der Waals surface area contributed by atoms with Gasteiger partial charge in [-0.25, -0.2) is 0 Å². The van der Waals surface area contributed by atoms with Gasteiger partial charge in [0, 0.05) is 21.5 Å². The van der Waals surface area contributed by atoms with Crippen LogP contribution in [0.4, 0.5) is 0 Å². The molecule has 0 spiro atoms. The zero-order valence-electron chi connectivity index (χ0n) is 17.9. The molecule has 0 radical (unpaired) electrons. The molecule has 0 bridgehead atoms. The van der Waals surface area contributed by atoms with Gasteiger partial charge in [0.05, 0.1) is 25.9 Å². The molecule has 1 aliphatic heterocycles. The molecule has 1 atom stereocenters. The van der Waals surface area contributed by atoms with E-state index in [4.69, 9.17) is 25.5 Å². The Bertz CT molecular complexity index is 864. The first-order valence-electron chi connectivity index (χ1n) is 10.0. The van der Waals surface area contributed by atoms with E-state index >= 15 is 0 Å². The summed E-state index contributed by atoms with van der Waals surface area (Å²) in [6, 6.07) is 12.1. The molecule has 1 heterocycles. The minimum absolute atomic E-state index is 0.0108. The summed E-state index contributed by atoms with van der Waals surface area (Å²) in [4.78, 5) is 0. The third-order valence-corrected chi connectivity index (χ3v) is 11.0. The van der Waals surface area contributed by atoms with Crippen LogP contribution < -0.4 is 4.74 Å². The van der Waals surface area contributed by atoms with Gasteiger partial charge in [-0.1, -0.05) is 54.4 Å². The molecule has 1 unspecified atom stereocenters. The molecule has 0 saturated carbocycles. The van der Waals surface area contributed by atoms with Crippen LogP contribution in [0.2, 0.25) is 23.2 Å². The van der Waals surface area contributed by atoms with E-state index in [1.807, 2.05) is 18.2 Å². The molecule has 3 nitrogen and oxygen atoms in total. The summed E-state index contributed by atoms with van der Waals surface area (Å²) < 4.78 is 19.4. The Balaban J connectivity index is 1.68. The maximum absolute atomic E-state index is 6.39. The van der Waals surface area contributed by atoms with E-state index in [1.54, 1.807) is 0 Å². The van der Waals surface area contributed by atoms with E-state index in [-0.39, 0.29) is 11.1 Å². The van der Waals surface area contributed by atoms with Crippen LogP contribution in [-0.4, -0.2) is 14.9 Å². The topological polar surface area (TPSA) is 27.7 Å². The lowest BCUT2D eigenvalue weighted by Gasteiger charge is -2.36. The second-order valence-corrected chi connectivity index (χ2v) is 15.3. The van der Waals surface area contributed by atoms with E-state index in [0.717, 1.165) is 27.8 Å².